The van der Waals surface area contributed by atoms with Crippen molar-refractivity contribution in [2.45, 2.75) is 21.8 Å². The van der Waals surface area contributed by atoms with Crippen LogP contribution < -0.4 is 11.7 Å². The smallest absolute Gasteiger partial charge is 0.210 e. The van der Waals surface area contributed by atoms with E-state index in [0.29, 0.717) is 22.0 Å². The fourth-order valence-corrected chi connectivity index (χ4v) is 5.02. The minimum atomic E-state index is 0.647. The zero-order valence-corrected chi connectivity index (χ0v) is 19.8. The summed E-state index contributed by atoms with van der Waals surface area (Å²) < 4.78 is 3.08. The standard InChI is InChI=1S/C24H22N8S2/c25-31-21(19-10-3-1-4-11-19)27-29-23(31)33-15-17-8-7-9-18(14-17)16-34-24-30-28-22(32(24)26)20-12-5-2-6-13-20/h1-14H,15-16,25-26H2. The molecule has 10 heteroatoms. The van der Waals surface area contributed by atoms with Crippen molar-refractivity contribution in [3.05, 3.63) is 96.1 Å². The Hall–Kier alpha value is -3.76. The van der Waals surface area contributed by atoms with E-state index in [4.69, 9.17) is 11.7 Å². The molecule has 0 aliphatic heterocycles. The lowest BCUT2D eigenvalue weighted by Crippen LogP contribution is -2.11. The maximum atomic E-state index is 6.24. The Balaban J connectivity index is 1.22. The second kappa shape index (κ2) is 10.0. The number of nitrogens with zero attached hydrogens (tertiary/aromatic N) is 6. The molecule has 8 nitrogen and oxygen atoms in total. The molecule has 34 heavy (non-hydrogen) atoms. The first-order chi connectivity index (χ1) is 16.7. The molecular weight excluding hydrogens is 464 g/mol. The van der Waals surface area contributed by atoms with Crippen LogP contribution in [-0.4, -0.2) is 29.7 Å². The summed E-state index contributed by atoms with van der Waals surface area (Å²) in [4.78, 5) is 0. The van der Waals surface area contributed by atoms with Crippen LogP contribution in [0.4, 0.5) is 0 Å². The van der Waals surface area contributed by atoms with E-state index in [9.17, 15) is 0 Å². The van der Waals surface area contributed by atoms with Crippen LogP contribution in [0.5, 0.6) is 0 Å². The fraction of sp³-hybridized carbons (Fsp3) is 0.0833. The monoisotopic (exact) mass is 486 g/mol. The number of thioether (sulfide) groups is 2. The predicted molar refractivity (Wildman–Crippen MR) is 137 cm³/mol. The topological polar surface area (TPSA) is 113 Å². The second-order valence-electron chi connectivity index (χ2n) is 7.48. The van der Waals surface area contributed by atoms with Crippen molar-refractivity contribution in [3.63, 3.8) is 0 Å². The average Bonchev–Trinajstić information content (AvgIpc) is 3.44. The van der Waals surface area contributed by atoms with Gasteiger partial charge in [0.15, 0.2) is 11.6 Å². The summed E-state index contributed by atoms with van der Waals surface area (Å²) in [6, 6.07) is 28.0. The van der Waals surface area contributed by atoms with Gasteiger partial charge in [-0.15, -0.1) is 20.4 Å². The molecule has 5 rings (SSSR count). The number of hydrogen-bond donors (Lipinski definition) is 2. The molecule has 0 saturated heterocycles. The van der Waals surface area contributed by atoms with Crippen molar-refractivity contribution in [3.8, 4) is 22.8 Å². The van der Waals surface area contributed by atoms with Crippen LogP contribution in [-0.2, 0) is 11.5 Å². The van der Waals surface area contributed by atoms with Gasteiger partial charge in [0.25, 0.3) is 0 Å². The largest absolute Gasteiger partial charge is 0.335 e. The summed E-state index contributed by atoms with van der Waals surface area (Å²) in [7, 11) is 0. The van der Waals surface area contributed by atoms with E-state index in [2.05, 4.69) is 44.7 Å². The number of nitrogen functional groups attached to an aromatic ring is 2. The number of benzene rings is 3. The quantitative estimate of drug-likeness (QED) is 0.248. The molecule has 4 N–H and O–H groups in total. The minimum absolute atomic E-state index is 0.647. The maximum Gasteiger partial charge on any atom is 0.210 e. The summed E-state index contributed by atoms with van der Waals surface area (Å²) in [6.07, 6.45) is 0. The minimum Gasteiger partial charge on any atom is -0.335 e. The van der Waals surface area contributed by atoms with E-state index in [0.717, 1.165) is 22.6 Å². The number of aromatic nitrogens is 6. The van der Waals surface area contributed by atoms with Crippen LogP contribution in [0, 0.1) is 0 Å². The van der Waals surface area contributed by atoms with E-state index in [-0.39, 0.29) is 0 Å². The van der Waals surface area contributed by atoms with Gasteiger partial charge in [-0.3, -0.25) is 0 Å². The zero-order chi connectivity index (χ0) is 23.3. The number of nitrogens with two attached hydrogens (primary N) is 2. The van der Waals surface area contributed by atoms with E-state index in [1.165, 1.54) is 20.5 Å². The predicted octanol–water partition coefficient (Wildman–Crippen LogP) is 4.22. The normalized spacial score (nSPS) is 11.1. The van der Waals surface area contributed by atoms with Crippen molar-refractivity contribution in [2.75, 3.05) is 11.7 Å². The first kappa shape index (κ1) is 22.1. The number of rotatable bonds is 8. The van der Waals surface area contributed by atoms with Crippen LogP contribution in [0.2, 0.25) is 0 Å². The summed E-state index contributed by atoms with van der Waals surface area (Å²) in [5, 5.41) is 18.3. The lowest BCUT2D eigenvalue weighted by atomic mass is 10.2. The third kappa shape index (κ3) is 4.78. The highest BCUT2D eigenvalue weighted by atomic mass is 32.2. The van der Waals surface area contributed by atoms with Gasteiger partial charge in [-0.1, -0.05) is 108 Å². The van der Waals surface area contributed by atoms with Gasteiger partial charge in [0.05, 0.1) is 0 Å². The highest BCUT2D eigenvalue weighted by Gasteiger charge is 2.14. The highest BCUT2D eigenvalue weighted by Crippen LogP contribution is 2.27. The summed E-state index contributed by atoms with van der Waals surface area (Å²) in [5.41, 5.74) is 4.22. The maximum absolute atomic E-state index is 6.24. The van der Waals surface area contributed by atoms with E-state index in [1.807, 2.05) is 60.7 Å². The molecule has 0 saturated carbocycles. The van der Waals surface area contributed by atoms with Crippen molar-refractivity contribution < 1.29 is 0 Å². The molecule has 0 amide bonds. The molecule has 0 spiro atoms. The van der Waals surface area contributed by atoms with Crippen molar-refractivity contribution in [2.24, 2.45) is 0 Å². The van der Waals surface area contributed by atoms with E-state index < -0.39 is 0 Å². The van der Waals surface area contributed by atoms with E-state index in [1.54, 1.807) is 23.5 Å². The van der Waals surface area contributed by atoms with Crippen LogP contribution >= 0.6 is 23.5 Å². The van der Waals surface area contributed by atoms with Gasteiger partial charge in [0.1, 0.15) is 0 Å². The van der Waals surface area contributed by atoms with Gasteiger partial charge in [-0.2, -0.15) is 0 Å². The first-order valence-corrected chi connectivity index (χ1v) is 12.5. The van der Waals surface area contributed by atoms with Gasteiger partial charge in [-0.05, 0) is 11.1 Å². The molecule has 2 aromatic heterocycles. The molecule has 170 valence electrons. The van der Waals surface area contributed by atoms with Gasteiger partial charge in [0.2, 0.25) is 10.3 Å². The third-order valence-corrected chi connectivity index (χ3v) is 7.15. The second-order valence-corrected chi connectivity index (χ2v) is 9.37. The first-order valence-electron chi connectivity index (χ1n) is 10.5. The Bertz CT molecular complexity index is 1280. The Labute approximate surface area is 205 Å². The average molecular weight is 487 g/mol. The zero-order valence-electron chi connectivity index (χ0n) is 18.2. The van der Waals surface area contributed by atoms with Gasteiger partial charge >= 0.3 is 0 Å². The van der Waals surface area contributed by atoms with Gasteiger partial charge in [0, 0.05) is 22.6 Å². The molecule has 0 unspecified atom stereocenters. The van der Waals surface area contributed by atoms with Crippen LogP contribution in [0.15, 0.2) is 95.2 Å². The van der Waals surface area contributed by atoms with Crippen molar-refractivity contribution in [1.82, 2.24) is 29.7 Å². The van der Waals surface area contributed by atoms with Crippen LogP contribution in [0.1, 0.15) is 11.1 Å². The molecule has 0 aliphatic rings. The summed E-state index contributed by atoms with van der Waals surface area (Å²) in [5.74, 6) is 15.2. The van der Waals surface area contributed by atoms with Crippen molar-refractivity contribution >= 4 is 23.5 Å². The fourth-order valence-electron chi connectivity index (χ4n) is 3.42. The molecule has 0 bridgehead atoms. The van der Waals surface area contributed by atoms with E-state index >= 15 is 0 Å². The summed E-state index contributed by atoms with van der Waals surface area (Å²) in [6.45, 7) is 0. The molecule has 0 radical (unpaired) electrons. The third-order valence-electron chi connectivity index (χ3n) is 5.12. The Morgan fingerprint density at radius 2 is 1.00 bits per heavy atom. The molecule has 0 fully saturated rings. The molecular formula is C24H22N8S2. The Kier molecular flexibility index (Phi) is 6.50. The van der Waals surface area contributed by atoms with Crippen LogP contribution in [0.3, 0.4) is 0 Å². The molecule has 0 atom stereocenters. The lowest BCUT2D eigenvalue weighted by Gasteiger charge is -2.06. The molecule has 0 aliphatic carbocycles. The van der Waals surface area contributed by atoms with Gasteiger partial charge < -0.3 is 11.7 Å². The highest BCUT2D eigenvalue weighted by molar-refractivity contribution is 7.98. The SMILES string of the molecule is Nn1c(SCc2cccc(CSc3nnc(-c4ccccc4)n3N)c2)nnc1-c1ccccc1. The molecule has 5 aromatic rings. The number of hydrogen-bond acceptors (Lipinski definition) is 8. The lowest BCUT2D eigenvalue weighted by molar-refractivity contribution is 0.849. The van der Waals surface area contributed by atoms with Crippen molar-refractivity contribution in [1.29, 1.82) is 0 Å². The Morgan fingerprint density at radius 1 is 0.559 bits per heavy atom. The molecule has 3 aromatic carbocycles. The Morgan fingerprint density at radius 3 is 1.44 bits per heavy atom. The summed E-state index contributed by atoms with van der Waals surface area (Å²) >= 11 is 3.11. The molecule has 2 heterocycles. The van der Waals surface area contributed by atoms with Crippen LogP contribution in [0.25, 0.3) is 22.8 Å². The van der Waals surface area contributed by atoms with Gasteiger partial charge in [-0.25, -0.2) is 9.35 Å².